The van der Waals surface area contributed by atoms with Crippen LogP contribution in [0.3, 0.4) is 0 Å². The van der Waals surface area contributed by atoms with Crippen molar-refractivity contribution in [3.05, 3.63) is 33.5 Å². The lowest BCUT2D eigenvalue weighted by Crippen LogP contribution is -2.36. The molecule has 150 valence electrons. The number of ether oxygens (including phenoxy) is 2. The zero-order valence-corrected chi connectivity index (χ0v) is 15.9. The number of hydrogen-bond donors (Lipinski definition) is 2. The van der Waals surface area contributed by atoms with Crippen LogP contribution in [-0.4, -0.2) is 52.9 Å². The highest BCUT2D eigenvalue weighted by molar-refractivity contribution is 6.05. The van der Waals surface area contributed by atoms with Crippen molar-refractivity contribution in [2.24, 2.45) is 0 Å². The molecule has 1 aliphatic heterocycles. The molecule has 1 unspecified atom stereocenters. The summed E-state index contributed by atoms with van der Waals surface area (Å²) in [4.78, 5) is 39.5. The molecular weight excluding hydrogens is 370 g/mol. The summed E-state index contributed by atoms with van der Waals surface area (Å²) in [6.07, 6.45) is -0.665. The number of nitro benzene ring substituents is 1. The van der Waals surface area contributed by atoms with E-state index < -0.39 is 28.5 Å². The number of esters is 1. The molecule has 0 fully saturated rings. The van der Waals surface area contributed by atoms with E-state index >= 15 is 0 Å². The van der Waals surface area contributed by atoms with E-state index in [1.165, 1.54) is 24.1 Å². The predicted octanol–water partition coefficient (Wildman–Crippen LogP) is 2.69. The van der Waals surface area contributed by atoms with Gasteiger partial charge in [-0.15, -0.1) is 0 Å². The maximum Gasteiger partial charge on any atom is 0.414 e. The number of fused-ring (bicyclic) bond motifs is 3. The minimum absolute atomic E-state index is 0.0430. The third kappa shape index (κ3) is 3.26. The van der Waals surface area contributed by atoms with Crippen molar-refractivity contribution in [1.29, 1.82) is 0 Å². The Morgan fingerprint density at radius 3 is 2.61 bits per heavy atom. The van der Waals surface area contributed by atoms with E-state index in [1.54, 1.807) is 20.8 Å². The monoisotopic (exact) mass is 391 g/mol. The fourth-order valence-electron chi connectivity index (χ4n) is 3.35. The number of carbonyl (C=O) groups excluding carboxylic acids is 2. The quantitative estimate of drug-likeness (QED) is 0.466. The molecule has 2 N–H and O–H groups in total. The first kappa shape index (κ1) is 19.6. The molecule has 2 aromatic rings. The van der Waals surface area contributed by atoms with Gasteiger partial charge in [0.05, 0.1) is 24.3 Å². The van der Waals surface area contributed by atoms with Crippen LogP contribution in [0, 0.1) is 10.1 Å². The summed E-state index contributed by atoms with van der Waals surface area (Å²) < 4.78 is 10.1. The van der Waals surface area contributed by atoms with Gasteiger partial charge >= 0.3 is 12.1 Å². The number of rotatable bonds is 3. The van der Waals surface area contributed by atoms with Crippen molar-refractivity contribution >= 4 is 34.3 Å². The Balaban J connectivity index is 2.23. The van der Waals surface area contributed by atoms with Gasteiger partial charge in [-0.05, 0) is 32.4 Å². The fraction of sp³-hybridized carbons (Fsp3) is 0.444. The molecule has 0 spiro atoms. The molecule has 28 heavy (non-hydrogen) atoms. The SMILES string of the molecule is COC(=O)c1cc2c3c(cc([N+](=O)[O-])c2[nH]1)N(C(=O)OC(C)(C)C)CC3CO. The van der Waals surface area contributed by atoms with Crippen molar-refractivity contribution in [3.63, 3.8) is 0 Å². The number of amides is 1. The summed E-state index contributed by atoms with van der Waals surface area (Å²) in [7, 11) is 1.20. The minimum atomic E-state index is -0.753. The van der Waals surface area contributed by atoms with Crippen LogP contribution in [0.1, 0.15) is 42.7 Å². The Bertz CT molecular complexity index is 974. The van der Waals surface area contributed by atoms with Gasteiger partial charge in [-0.3, -0.25) is 15.0 Å². The van der Waals surface area contributed by atoms with Crippen molar-refractivity contribution in [2.45, 2.75) is 32.3 Å². The average molecular weight is 391 g/mol. The maximum atomic E-state index is 12.6. The Kier molecular flexibility index (Phi) is 4.76. The largest absolute Gasteiger partial charge is 0.464 e. The predicted molar refractivity (Wildman–Crippen MR) is 99.7 cm³/mol. The zero-order valence-electron chi connectivity index (χ0n) is 15.9. The van der Waals surface area contributed by atoms with E-state index in [4.69, 9.17) is 4.74 Å². The molecule has 0 saturated carbocycles. The molecule has 1 aromatic heterocycles. The molecule has 0 saturated heterocycles. The van der Waals surface area contributed by atoms with Crippen LogP contribution in [0.5, 0.6) is 0 Å². The fourth-order valence-corrected chi connectivity index (χ4v) is 3.35. The second-order valence-electron chi connectivity index (χ2n) is 7.52. The summed E-state index contributed by atoms with van der Waals surface area (Å²) >= 11 is 0. The standard InChI is InChI=1S/C18H21N3O7/c1-18(2,3)28-17(24)20-7-9(8-22)14-10-5-11(16(23)27-4)19-15(10)13(21(25)26)6-12(14)20/h5-6,9,19,22H,7-8H2,1-4H3. The van der Waals surface area contributed by atoms with E-state index in [0.29, 0.717) is 10.9 Å². The number of methoxy groups -OCH3 is 1. The van der Waals surface area contributed by atoms with E-state index in [2.05, 4.69) is 9.72 Å². The van der Waals surface area contributed by atoms with Gasteiger partial charge < -0.3 is 19.6 Å². The maximum absolute atomic E-state index is 12.6. The van der Waals surface area contributed by atoms with E-state index in [0.717, 1.165) is 0 Å². The zero-order chi connectivity index (χ0) is 20.8. The molecule has 1 amide bonds. The molecule has 1 aliphatic rings. The number of non-ortho nitro benzene ring substituents is 1. The first-order chi connectivity index (χ1) is 13.1. The van der Waals surface area contributed by atoms with Crippen LogP contribution < -0.4 is 4.90 Å². The van der Waals surface area contributed by atoms with Gasteiger partial charge in [-0.2, -0.15) is 0 Å². The molecule has 3 rings (SSSR count). The van der Waals surface area contributed by atoms with Crippen molar-refractivity contribution < 1.29 is 29.1 Å². The minimum Gasteiger partial charge on any atom is -0.464 e. The Labute approximate surface area is 160 Å². The van der Waals surface area contributed by atoms with Crippen molar-refractivity contribution in [3.8, 4) is 0 Å². The lowest BCUT2D eigenvalue weighted by Gasteiger charge is -2.25. The average Bonchev–Trinajstić information content (AvgIpc) is 3.19. The van der Waals surface area contributed by atoms with Gasteiger partial charge in [0.15, 0.2) is 0 Å². The lowest BCUT2D eigenvalue weighted by molar-refractivity contribution is -0.383. The van der Waals surface area contributed by atoms with Crippen molar-refractivity contribution in [2.75, 3.05) is 25.2 Å². The molecule has 2 heterocycles. The van der Waals surface area contributed by atoms with Gasteiger partial charge in [0.2, 0.25) is 0 Å². The highest BCUT2D eigenvalue weighted by Crippen LogP contribution is 2.45. The highest BCUT2D eigenvalue weighted by Gasteiger charge is 2.39. The molecule has 0 radical (unpaired) electrons. The number of carbonyl (C=O) groups is 2. The number of nitrogens with zero attached hydrogens (tertiary/aromatic N) is 2. The second kappa shape index (κ2) is 6.79. The summed E-state index contributed by atoms with van der Waals surface area (Å²) in [6.45, 7) is 4.97. The number of nitro groups is 1. The Morgan fingerprint density at radius 2 is 2.07 bits per heavy atom. The number of aromatic amines is 1. The number of anilines is 1. The molecule has 10 nitrogen and oxygen atoms in total. The van der Waals surface area contributed by atoms with Crippen LogP contribution in [0.25, 0.3) is 10.9 Å². The number of aliphatic hydroxyl groups is 1. The number of aromatic nitrogens is 1. The number of nitrogens with one attached hydrogen (secondary N) is 1. The van der Waals surface area contributed by atoms with Crippen LogP contribution in [0.2, 0.25) is 0 Å². The van der Waals surface area contributed by atoms with Crippen LogP contribution in [-0.2, 0) is 9.47 Å². The first-order valence-corrected chi connectivity index (χ1v) is 8.61. The Hall–Kier alpha value is -3.14. The van der Waals surface area contributed by atoms with Crippen molar-refractivity contribution in [1.82, 2.24) is 4.98 Å². The summed E-state index contributed by atoms with van der Waals surface area (Å²) in [5.41, 5.74) is -0.0501. The number of H-pyrrole nitrogens is 1. The van der Waals surface area contributed by atoms with E-state index in [1.807, 2.05) is 0 Å². The Morgan fingerprint density at radius 1 is 1.39 bits per heavy atom. The third-order valence-electron chi connectivity index (χ3n) is 4.45. The van der Waals surface area contributed by atoms with Gasteiger partial charge in [-0.1, -0.05) is 0 Å². The molecular formula is C18H21N3O7. The van der Waals surface area contributed by atoms with Crippen LogP contribution >= 0.6 is 0 Å². The molecule has 10 heteroatoms. The number of benzene rings is 1. The lowest BCUT2D eigenvalue weighted by atomic mass is 9.97. The number of hydrogen-bond acceptors (Lipinski definition) is 7. The van der Waals surface area contributed by atoms with Gasteiger partial charge in [-0.25, -0.2) is 9.59 Å². The van der Waals surface area contributed by atoms with E-state index in [-0.39, 0.29) is 35.7 Å². The second-order valence-corrected chi connectivity index (χ2v) is 7.52. The third-order valence-corrected chi connectivity index (χ3v) is 4.45. The molecule has 1 aromatic carbocycles. The van der Waals surface area contributed by atoms with Gasteiger partial charge in [0.25, 0.3) is 5.69 Å². The molecule has 0 bridgehead atoms. The molecule has 0 aliphatic carbocycles. The van der Waals surface area contributed by atoms with E-state index in [9.17, 15) is 24.8 Å². The first-order valence-electron chi connectivity index (χ1n) is 8.61. The summed E-state index contributed by atoms with van der Waals surface area (Å²) in [5.74, 6) is -1.16. The smallest absolute Gasteiger partial charge is 0.414 e. The van der Waals surface area contributed by atoms with Gasteiger partial charge in [0, 0.05) is 23.9 Å². The highest BCUT2D eigenvalue weighted by atomic mass is 16.6. The van der Waals surface area contributed by atoms with Crippen LogP contribution in [0.15, 0.2) is 12.1 Å². The molecule has 1 atom stereocenters. The normalized spacial score (nSPS) is 16.2. The number of aliphatic hydroxyl groups excluding tert-OH is 1. The topological polar surface area (TPSA) is 135 Å². The summed E-state index contributed by atoms with van der Waals surface area (Å²) in [6, 6.07) is 2.70. The van der Waals surface area contributed by atoms with Gasteiger partial charge in [0.1, 0.15) is 16.8 Å². The summed E-state index contributed by atoms with van der Waals surface area (Å²) in [5, 5.41) is 21.8. The van der Waals surface area contributed by atoms with Crippen LogP contribution in [0.4, 0.5) is 16.2 Å².